The van der Waals surface area contributed by atoms with E-state index >= 15 is 0 Å². The summed E-state index contributed by atoms with van der Waals surface area (Å²) < 4.78 is 38.0. The molecule has 2 aromatic rings. The van der Waals surface area contributed by atoms with Crippen molar-refractivity contribution in [2.75, 3.05) is 5.32 Å². The van der Waals surface area contributed by atoms with E-state index in [1.54, 1.807) is 37.3 Å². The molecule has 2 nitrogen and oxygen atoms in total. The largest absolute Gasteiger partial charge is 0.416 e. The summed E-state index contributed by atoms with van der Waals surface area (Å²) >= 11 is 1.09. The molecule has 116 valence electrons. The minimum atomic E-state index is -4.38. The number of amides is 1. The van der Waals surface area contributed by atoms with E-state index in [2.05, 4.69) is 5.32 Å². The highest BCUT2D eigenvalue weighted by Gasteiger charge is 2.30. The van der Waals surface area contributed by atoms with Crippen LogP contribution in [-0.4, -0.2) is 11.2 Å². The van der Waals surface area contributed by atoms with Gasteiger partial charge in [-0.2, -0.15) is 13.2 Å². The first-order valence-corrected chi connectivity index (χ1v) is 7.44. The van der Waals surface area contributed by atoms with Crippen LogP contribution in [0.4, 0.5) is 18.9 Å². The van der Waals surface area contributed by atoms with Crippen LogP contribution in [0.5, 0.6) is 0 Å². The lowest BCUT2D eigenvalue weighted by Crippen LogP contribution is -2.22. The Morgan fingerprint density at radius 1 is 1.09 bits per heavy atom. The van der Waals surface area contributed by atoms with Gasteiger partial charge >= 0.3 is 6.18 Å². The number of hydrogen-bond acceptors (Lipinski definition) is 2. The zero-order valence-corrected chi connectivity index (χ0v) is 12.5. The highest BCUT2D eigenvalue weighted by Crippen LogP contribution is 2.33. The molecule has 1 N–H and O–H groups in total. The van der Waals surface area contributed by atoms with Crippen molar-refractivity contribution in [2.45, 2.75) is 23.2 Å². The molecule has 2 rings (SSSR count). The third-order valence-corrected chi connectivity index (χ3v) is 3.98. The van der Waals surface area contributed by atoms with Crippen molar-refractivity contribution >= 4 is 23.4 Å². The van der Waals surface area contributed by atoms with Crippen LogP contribution in [0.25, 0.3) is 0 Å². The molecule has 0 saturated heterocycles. The third kappa shape index (κ3) is 4.53. The van der Waals surface area contributed by atoms with Gasteiger partial charge in [0.25, 0.3) is 0 Å². The first kappa shape index (κ1) is 16.4. The fourth-order valence-corrected chi connectivity index (χ4v) is 2.70. The number of carbonyl (C=O) groups excluding carboxylic acids is 1. The van der Waals surface area contributed by atoms with Gasteiger partial charge in [-0.15, -0.1) is 11.8 Å². The number of nitrogens with one attached hydrogen (secondary N) is 1. The molecule has 22 heavy (non-hydrogen) atoms. The molecule has 0 bridgehead atoms. The Hall–Kier alpha value is -1.95. The number of anilines is 1. The molecule has 1 atom stereocenters. The predicted molar refractivity (Wildman–Crippen MR) is 81.8 cm³/mol. The molecule has 0 heterocycles. The number of hydrogen-bond donors (Lipinski definition) is 1. The van der Waals surface area contributed by atoms with Crippen LogP contribution in [0.15, 0.2) is 59.5 Å². The van der Waals surface area contributed by atoms with Crippen LogP contribution in [0.1, 0.15) is 12.5 Å². The van der Waals surface area contributed by atoms with E-state index in [9.17, 15) is 18.0 Å². The van der Waals surface area contributed by atoms with Gasteiger partial charge in [-0.3, -0.25) is 4.79 Å². The maximum atomic E-state index is 12.7. The number of thioether (sulfide) groups is 1. The second kappa shape index (κ2) is 6.87. The minimum Gasteiger partial charge on any atom is -0.325 e. The van der Waals surface area contributed by atoms with Gasteiger partial charge in [0.15, 0.2) is 0 Å². The molecule has 0 aromatic heterocycles. The Bertz CT molecular complexity index is 643. The molecule has 0 radical (unpaired) electrons. The van der Waals surface area contributed by atoms with Crippen molar-refractivity contribution in [3.63, 3.8) is 0 Å². The average molecular weight is 325 g/mol. The van der Waals surface area contributed by atoms with Crippen molar-refractivity contribution < 1.29 is 18.0 Å². The molecule has 0 saturated carbocycles. The summed E-state index contributed by atoms with van der Waals surface area (Å²) in [5.41, 5.74) is -0.0582. The second-order valence-electron chi connectivity index (χ2n) is 4.64. The van der Waals surface area contributed by atoms with E-state index in [1.807, 2.05) is 6.07 Å². The maximum Gasteiger partial charge on any atom is 0.416 e. The average Bonchev–Trinajstić information content (AvgIpc) is 2.47. The molecular weight excluding hydrogens is 311 g/mol. The lowest BCUT2D eigenvalue weighted by Gasteiger charge is -2.13. The molecule has 0 fully saturated rings. The Kier molecular flexibility index (Phi) is 5.13. The zero-order chi connectivity index (χ0) is 16.2. The first-order valence-electron chi connectivity index (χ1n) is 6.56. The van der Waals surface area contributed by atoms with Gasteiger partial charge in [0.2, 0.25) is 5.91 Å². The lowest BCUT2D eigenvalue weighted by molar-refractivity contribution is -0.137. The highest BCUT2D eigenvalue weighted by molar-refractivity contribution is 8.00. The Morgan fingerprint density at radius 2 is 1.77 bits per heavy atom. The standard InChI is InChI=1S/C16H14F3NOS/c1-11(15(21)20-13-7-3-2-4-8-13)22-14-9-5-6-12(10-14)16(17,18)19/h2-11H,1H3,(H,20,21)/t11-/m0/s1. The van der Waals surface area contributed by atoms with E-state index in [1.165, 1.54) is 6.07 Å². The van der Waals surface area contributed by atoms with Gasteiger partial charge in [-0.05, 0) is 37.3 Å². The van der Waals surface area contributed by atoms with E-state index in [4.69, 9.17) is 0 Å². The molecule has 1 amide bonds. The quantitative estimate of drug-likeness (QED) is 0.816. The summed E-state index contributed by atoms with van der Waals surface area (Å²) in [6, 6.07) is 13.9. The van der Waals surface area contributed by atoms with Crippen molar-refractivity contribution in [1.29, 1.82) is 0 Å². The fraction of sp³-hybridized carbons (Fsp3) is 0.188. The summed E-state index contributed by atoms with van der Waals surface area (Å²) in [5, 5.41) is 2.21. The number of carbonyl (C=O) groups is 1. The number of benzene rings is 2. The Labute approximate surface area is 130 Å². The van der Waals surface area contributed by atoms with Crippen LogP contribution in [0.2, 0.25) is 0 Å². The maximum absolute atomic E-state index is 12.7. The van der Waals surface area contributed by atoms with Crippen molar-refractivity contribution in [1.82, 2.24) is 0 Å². The van der Waals surface area contributed by atoms with Gasteiger partial charge in [-0.1, -0.05) is 24.3 Å². The summed E-state index contributed by atoms with van der Waals surface area (Å²) in [6.07, 6.45) is -4.38. The summed E-state index contributed by atoms with van der Waals surface area (Å²) in [4.78, 5) is 12.5. The molecule has 2 aromatic carbocycles. The van der Waals surface area contributed by atoms with Crippen molar-refractivity contribution in [2.24, 2.45) is 0 Å². The predicted octanol–water partition coefficient (Wildman–Crippen LogP) is 4.82. The van der Waals surface area contributed by atoms with E-state index in [0.717, 1.165) is 23.9 Å². The van der Waals surface area contributed by atoms with Crippen molar-refractivity contribution in [3.8, 4) is 0 Å². The highest BCUT2D eigenvalue weighted by atomic mass is 32.2. The van der Waals surface area contributed by atoms with Crippen LogP contribution in [0, 0.1) is 0 Å². The van der Waals surface area contributed by atoms with Gasteiger partial charge in [-0.25, -0.2) is 0 Å². The molecule has 6 heteroatoms. The Morgan fingerprint density at radius 3 is 2.41 bits per heavy atom. The first-order chi connectivity index (χ1) is 10.4. The lowest BCUT2D eigenvalue weighted by atomic mass is 10.2. The topological polar surface area (TPSA) is 29.1 Å². The van der Waals surface area contributed by atoms with Gasteiger partial charge in [0.1, 0.15) is 0 Å². The van der Waals surface area contributed by atoms with E-state index in [0.29, 0.717) is 10.6 Å². The number of alkyl halides is 3. The SMILES string of the molecule is C[C@H](Sc1cccc(C(F)(F)F)c1)C(=O)Nc1ccccc1. The van der Waals surface area contributed by atoms with E-state index in [-0.39, 0.29) is 5.91 Å². The Balaban J connectivity index is 2.02. The van der Waals surface area contributed by atoms with Gasteiger partial charge in [0.05, 0.1) is 10.8 Å². The molecule has 0 aliphatic carbocycles. The van der Waals surface area contributed by atoms with Crippen LogP contribution >= 0.6 is 11.8 Å². The summed E-state index contributed by atoms with van der Waals surface area (Å²) in [5.74, 6) is -0.256. The monoisotopic (exact) mass is 325 g/mol. The number of para-hydroxylation sites is 1. The summed E-state index contributed by atoms with van der Waals surface area (Å²) in [6.45, 7) is 1.66. The van der Waals surface area contributed by atoms with Crippen LogP contribution in [-0.2, 0) is 11.0 Å². The van der Waals surface area contributed by atoms with E-state index < -0.39 is 17.0 Å². The smallest absolute Gasteiger partial charge is 0.325 e. The normalized spacial score (nSPS) is 12.7. The van der Waals surface area contributed by atoms with Gasteiger partial charge < -0.3 is 5.32 Å². The van der Waals surface area contributed by atoms with Gasteiger partial charge in [0, 0.05) is 10.6 Å². The minimum absolute atomic E-state index is 0.256. The molecule has 0 aliphatic heterocycles. The fourth-order valence-electron chi connectivity index (χ4n) is 1.77. The number of halogens is 3. The molecule has 0 aliphatic rings. The molecule has 0 spiro atoms. The zero-order valence-electron chi connectivity index (χ0n) is 11.7. The second-order valence-corrected chi connectivity index (χ2v) is 6.06. The number of rotatable bonds is 4. The van der Waals surface area contributed by atoms with Crippen LogP contribution < -0.4 is 5.32 Å². The summed E-state index contributed by atoms with van der Waals surface area (Å²) in [7, 11) is 0. The molecular formula is C16H14F3NOS. The third-order valence-electron chi connectivity index (χ3n) is 2.88. The molecule has 0 unspecified atom stereocenters. The van der Waals surface area contributed by atoms with Crippen molar-refractivity contribution in [3.05, 3.63) is 60.2 Å². The van der Waals surface area contributed by atoms with Crippen LogP contribution in [0.3, 0.4) is 0 Å².